The molecule has 1 unspecified atom stereocenters. The fourth-order valence-corrected chi connectivity index (χ4v) is 2.75. The van der Waals surface area contributed by atoms with Crippen LogP contribution in [0.25, 0.3) is 0 Å². The standard InChI is InChI=1S/C18H26O7/c1-5-8-22-14-11-15(25-13-21-4)18(12-14,16(19)23-9-6-2)17(20)24-10-7-3/h5-7,14-15H,1-3,8-13H2,4H3/t14-,15?/m0/s1. The van der Waals surface area contributed by atoms with Gasteiger partial charge in [0, 0.05) is 20.0 Å². The number of hydrogen-bond donors (Lipinski definition) is 0. The molecule has 1 aliphatic carbocycles. The maximum Gasteiger partial charge on any atom is 0.326 e. The van der Waals surface area contributed by atoms with Gasteiger partial charge in [0.15, 0.2) is 5.41 Å². The summed E-state index contributed by atoms with van der Waals surface area (Å²) in [6.45, 7) is 10.8. The van der Waals surface area contributed by atoms with E-state index >= 15 is 0 Å². The number of methoxy groups -OCH3 is 1. The minimum atomic E-state index is -1.63. The van der Waals surface area contributed by atoms with Gasteiger partial charge in [-0.25, -0.2) is 0 Å². The number of hydrogen-bond acceptors (Lipinski definition) is 7. The van der Waals surface area contributed by atoms with Crippen LogP contribution >= 0.6 is 0 Å². The molecule has 0 bridgehead atoms. The molecule has 1 fully saturated rings. The molecule has 0 N–H and O–H groups in total. The van der Waals surface area contributed by atoms with E-state index in [0.29, 0.717) is 13.0 Å². The molecular weight excluding hydrogens is 328 g/mol. The highest BCUT2D eigenvalue weighted by Gasteiger charge is 2.61. The van der Waals surface area contributed by atoms with Gasteiger partial charge in [-0.2, -0.15) is 0 Å². The normalized spacial score (nSPS) is 21.3. The molecule has 0 spiro atoms. The number of esters is 2. The van der Waals surface area contributed by atoms with Crippen LogP contribution in [0, 0.1) is 5.41 Å². The van der Waals surface area contributed by atoms with Crippen LogP contribution in [0.5, 0.6) is 0 Å². The van der Waals surface area contributed by atoms with Crippen LogP contribution in [0.15, 0.2) is 38.0 Å². The van der Waals surface area contributed by atoms with Gasteiger partial charge in [0.25, 0.3) is 0 Å². The minimum absolute atomic E-state index is 0.0233. The summed E-state index contributed by atoms with van der Waals surface area (Å²) in [6.07, 6.45) is 3.67. The predicted octanol–water partition coefficient (Wildman–Crippen LogP) is 1.79. The van der Waals surface area contributed by atoms with Gasteiger partial charge in [-0.3, -0.25) is 9.59 Å². The second-order valence-corrected chi connectivity index (χ2v) is 5.49. The Morgan fingerprint density at radius 1 is 1.00 bits per heavy atom. The van der Waals surface area contributed by atoms with Crippen molar-refractivity contribution in [2.75, 3.05) is 33.7 Å². The van der Waals surface area contributed by atoms with Crippen molar-refractivity contribution >= 4 is 11.9 Å². The van der Waals surface area contributed by atoms with Crippen molar-refractivity contribution in [1.29, 1.82) is 0 Å². The Labute approximate surface area is 148 Å². The molecule has 0 aliphatic heterocycles. The van der Waals surface area contributed by atoms with Crippen molar-refractivity contribution in [3.8, 4) is 0 Å². The highest BCUT2D eigenvalue weighted by molar-refractivity contribution is 6.01. The molecule has 7 nitrogen and oxygen atoms in total. The van der Waals surface area contributed by atoms with E-state index in [0.717, 1.165) is 0 Å². The zero-order valence-electron chi connectivity index (χ0n) is 14.6. The van der Waals surface area contributed by atoms with Crippen LogP contribution in [-0.2, 0) is 33.3 Å². The fourth-order valence-electron chi connectivity index (χ4n) is 2.75. The van der Waals surface area contributed by atoms with Crippen molar-refractivity contribution in [2.24, 2.45) is 5.41 Å². The SMILES string of the molecule is C=CCOC(=O)C1(C(=O)OCC=C)C[C@@H](OCC=C)CC1OCOC. The zero-order valence-corrected chi connectivity index (χ0v) is 14.6. The van der Waals surface area contributed by atoms with Gasteiger partial charge in [-0.15, -0.1) is 6.58 Å². The second kappa shape index (κ2) is 10.8. The lowest BCUT2D eigenvalue weighted by Gasteiger charge is -2.30. The van der Waals surface area contributed by atoms with Gasteiger partial charge in [0.1, 0.15) is 20.0 Å². The maximum absolute atomic E-state index is 12.7. The smallest absolute Gasteiger partial charge is 0.326 e. The van der Waals surface area contributed by atoms with Crippen molar-refractivity contribution in [1.82, 2.24) is 0 Å². The fraction of sp³-hybridized carbons (Fsp3) is 0.556. The van der Waals surface area contributed by atoms with E-state index < -0.39 is 23.5 Å². The minimum Gasteiger partial charge on any atom is -0.461 e. The van der Waals surface area contributed by atoms with Crippen molar-refractivity contribution in [3.05, 3.63) is 38.0 Å². The lowest BCUT2D eigenvalue weighted by atomic mass is 9.83. The number of carbonyl (C=O) groups excluding carboxylic acids is 2. The molecule has 0 aromatic rings. The van der Waals surface area contributed by atoms with E-state index in [4.69, 9.17) is 23.7 Å². The first-order valence-corrected chi connectivity index (χ1v) is 7.96. The van der Waals surface area contributed by atoms with E-state index in [9.17, 15) is 9.59 Å². The van der Waals surface area contributed by atoms with Crippen molar-refractivity contribution in [2.45, 2.75) is 25.0 Å². The summed E-state index contributed by atoms with van der Waals surface area (Å²) in [4.78, 5) is 25.5. The Balaban J connectivity index is 3.12. The third-order valence-electron chi connectivity index (χ3n) is 3.81. The summed E-state index contributed by atoms with van der Waals surface area (Å²) in [5.41, 5.74) is -1.63. The Bertz CT molecular complexity index is 462. The van der Waals surface area contributed by atoms with Crippen molar-refractivity contribution < 1.29 is 33.3 Å². The molecule has 1 saturated carbocycles. The average Bonchev–Trinajstić information content (AvgIpc) is 3.00. The van der Waals surface area contributed by atoms with E-state index in [1.165, 1.54) is 19.3 Å². The van der Waals surface area contributed by atoms with Gasteiger partial charge in [-0.1, -0.05) is 31.4 Å². The molecular formula is C18H26O7. The molecule has 0 radical (unpaired) electrons. The molecule has 0 heterocycles. The number of carbonyl (C=O) groups is 2. The monoisotopic (exact) mass is 354 g/mol. The summed E-state index contributed by atoms with van der Waals surface area (Å²) in [6, 6.07) is 0. The highest BCUT2D eigenvalue weighted by Crippen LogP contribution is 2.44. The Kier molecular flexibility index (Phi) is 9.12. The summed E-state index contributed by atoms with van der Waals surface area (Å²) in [7, 11) is 1.45. The van der Waals surface area contributed by atoms with Gasteiger partial charge in [0.2, 0.25) is 0 Å². The quantitative estimate of drug-likeness (QED) is 0.229. The lowest BCUT2D eigenvalue weighted by molar-refractivity contribution is -0.186. The van der Waals surface area contributed by atoms with E-state index in [-0.39, 0.29) is 32.5 Å². The van der Waals surface area contributed by atoms with E-state index in [2.05, 4.69) is 19.7 Å². The van der Waals surface area contributed by atoms with Crippen LogP contribution in [0.2, 0.25) is 0 Å². The van der Waals surface area contributed by atoms with Gasteiger partial charge in [0.05, 0.1) is 18.8 Å². The third kappa shape index (κ3) is 5.26. The molecule has 1 aliphatic rings. The largest absolute Gasteiger partial charge is 0.461 e. The van der Waals surface area contributed by atoms with E-state index in [1.54, 1.807) is 6.08 Å². The highest BCUT2D eigenvalue weighted by atomic mass is 16.7. The molecule has 0 aromatic carbocycles. The van der Waals surface area contributed by atoms with E-state index in [1.807, 2.05) is 0 Å². The van der Waals surface area contributed by atoms with Crippen LogP contribution in [0.4, 0.5) is 0 Å². The van der Waals surface area contributed by atoms with Crippen LogP contribution in [0.1, 0.15) is 12.8 Å². The zero-order chi connectivity index (χ0) is 18.7. The third-order valence-corrected chi connectivity index (χ3v) is 3.81. The van der Waals surface area contributed by atoms with Crippen LogP contribution < -0.4 is 0 Å². The molecule has 140 valence electrons. The van der Waals surface area contributed by atoms with Crippen LogP contribution in [-0.4, -0.2) is 57.9 Å². The summed E-state index contributed by atoms with van der Waals surface area (Å²) in [5.74, 6) is -1.46. The Morgan fingerprint density at radius 2 is 1.56 bits per heavy atom. The first kappa shape index (κ1) is 21.1. The molecule has 25 heavy (non-hydrogen) atoms. The van der Waals surface area contributed by atoms with Crippen molar-refractivity contribution in [3.63, 3.8) is 0 Å². The summed E-state index contributed by atoms with van der Waals surface area (Å²) in [5, 5.41) is 0. The average molecular weight is 354 g/mol. The first-order valence-electron chi connectivity index (χ1n) is 7.96. The topological polar surface area (TPSA) is 80.3 Å². The molecule has 0 aromatic heterocycles. The lowest BCUT2D eigenvalue weighted by Crippen LogP contribution is -2.49. The molecule has 0 amide bonds. The molecule has 0 saturated heterocycles. The van der Waals surface area contributed by atoms with Gasteiger partial charge in [-0.05, 0) is 0 Å². The summed E-state index contributed by atoms with van der Waals surface area (Å²) < 4.78 is 26.5. The Hall–Kier alpha value is -1.96. The first-order chi connectivity index (χ1) is 12.1. The molecule has 1 rings (SSSR count). The Morgan fingerprint density at radius 3 is 2.04 bits per heavy atom. The number of rotatable bonds is 12. The summed E-state index contributed by atoms with van der Waals surface area (Å²) >= 11 is 0. The van der Waals surface area contributed by atoms with Crippen LogP contribution in [0.3, 0.4) is 0 Å². The molecule has 2 atom stereocenters. The maximum atomic E-state index is 12.7. The predicted molar refractivity (Wildman–Crippen MR) is 90.7 cm³/mol. The second-order valence-electron chi connectivity index (χ2n) is 5.49. The van der Waals surface area contributed by atoms with Gasteiger partial charge < -0.3 is 23.7 Å². The molecule has 7 heteroatoms. The number of ether oxygens (including phenoxy) is 5. The van der Waals surface area contributed by atoms with Gasteiger partial charge >= 0.3 is 11.9 Å².